The summed E-state index contributed by atoms with van der Waals surface area (Å²) in [6.07, 6.45) is 4.89. The molecule has 1 unspecified atom stereocenters. The maximum Gasteiger partial charge on any atom is 0.0524 e. The van der Waals surface area contributed by atoms with Crippen molar-refractivity contribution in [3.8, 4) is 0 Å². The Labute approximate surface area is 80.3 Å². The van der Waals surface area contributed by atoms with Crippen molar-refractivity contribution in [1.82, 2.24) is 4.90 Å². The minimum atomic E-state index is -0.128. The Morgan fingerprint density at radius 1 is 1.23 bits per heavy atom. The first-order valence-corrected chi connectivity index (χ1v) is 4.95. The van der Waals surface area contributed by atoms with Gasteiger partial charge < -0.3 is 15.2 Å². The highest BCUT2D eigenvalue weighted by Gasteiger charge is 2.09. The normalized spacial score (nSPS) is 20.3. The Morgan fingerprint density at radius 3 is 2.23 bits per heavy atom. The summed E-state index contributed by atoms with van der Waals surface area (Å²) in [5.74, 6) is 3.50. The van der Waals surface area contributed by atoms with Crippen molar-refractivity contribution in [1.29, 1.82) is 0 Å². The van der Waals surface area contributed by atoms with Gasteiger partial charge in [0, 0.05) is 6.54 Å². The first kappa shape index (κ1) is 12.8. The highest BCUT2D eigenvalue weighted by Crippen LogP contribution is 2.09. The number of aliphatic hydroxyl groups is 1. The molecule has 80 valence electrons. The summed E-state index contributed by atoms with van der Waals surface area (Å²) in [6.45, 7) is 5.43. The quantitative estimate of drug-likeness (QED) is 0.569. The number of piperidine rings is 1. The van der Waals surface area contributed by atoms with Crippen molar-refractivity contribution in [2.45, 2.75) is 38.7 Å². The van der Waals surface area contributed by atoms with Gasteiger partial charge in [0.1, 0.15) is 0 Å². The molecule has 0 radical (unpaired) electrons. The van der Waals surface area contributed by atoms with Crippen LogP contribution in [0.15, 0.2) is 0 Å². The van der Waals surface area contributed by atoms with Gasteiger partial charge in [-0.25, -0.2) is 5.90 Å². The second-order valence-corrected chi connectivity index (χ2v) is 3.54. The molecule has 4 heteroatoms. The topological polar surface area (TPSA) is 69.7 Å². The highest BCUT2D eigenvalue weighted by molar-refractivity contribution is 4.65. The summed E-state index contributed by atoms with van der Waals surface area (Å²) in [5, 5.41) is 15.6. The molecule has 1 fully saturated rings. The molecule has 0 aromatic rings. The number of hydrogen-bond acceptors (Lipinski definition) is 4. The van der Waals surface area contributed by atoms with Crippen LogP contribution in [0.3, 0.4) is 0 Å². The summed E-state index contributed by atoms with van der Waals surface area (Å²) in [5.41, 5.74) is 0. The van der Waals surface area contributed by atoms with Crippen LogP contribution in [0.2, 0.25) is 0 Å². The lowest BCUT2D eigenvalue weighted by Gasteiger charge is -2.26. The zero-order valence-corrected chi connectivity index (χ0v) is 8.45. The smallest absolute Gasteiger partial charge is 0.0524 e. The van der Waals surface area contributed by atoms with E-state index < -0.39 is 0 Å². The molecule has 1 saturated heterocycles. The molecular weight excluding hydrogens is 168 g/mol. The molecule has 0 bridgehead atoms. The van der Waals surface area contributed by atoms with E-state index in [-0.39, 0.29) is 6.10 Å². The number of rotatable bonds is 3. The van der Waals surface area contributed by atoms with Crippen LogP contribution in [0.25, 0.3) is 0 Å². The average molecular weight is 190 g/mol. The van der Waals surface area contributed by atoms with Crippen molar-refractivity contribution >= 4 is 0 Å². The Kier molecular flexibility index (Phi) is 8.33. The number of hydrogen-bond donors (Lipinski definition) is 3. The van der Waals surface area contributed by atoms with E-state index in [1.807, 2.05) is 6.92 Å². The van der Waals surface area contributed by atoms with Gasteiger partial charge in [-0.15, -0.1) is 0 Å². The third kappa shape index (κ3) is 6.95. The molecule has 1 aliphatic heterocycles. The monoisotopic (exact) mass is 190 g/mol. The largest absolute Gasteiger partial charge is 0.393 e. The summed E-state index contributed by atoms with van der Waals surface area (Å²) < 4.78 is 0. The van der Waals surface area contributed by atoms with Crippen molar-refractivity contribution in [3.05, 3.63) is 0 Å². The first-order chi connectivity index (χ1) is 6.29. The van der Waals surface area contributed by atoms with E-state index in [0.717, 1.165) is 13.0 Å². The standard InChI is InChI=1S/C9H19NO.H3NO/c1-9(11)5-8-10-6-3-2-4-7-10;1-2/h9,11H,2-8H2,1H3;2H,1H2. The highest BCUT2D eigenvalue weighted by atomic mass is 16.4. The number of nitrogens with zero attached hydrogens (tertiary/aromatic N) is 1. The van der Waals surface area contributed by atoms with Gasteiger partial charge in [0.2, 0.25) is 0 Å². The minimum Gasteiger partial charge on any atom is -0.393 e. The molecule has 1 rings (SSSR count). The molecule has 4 nitrogen and oxygen atoms in total. The van der Waals surface area contributed by atoms with Crippen LogP contribution in [0.5, 0.6) is 0 Å². The molecule has 0 spiro atoms. The Balaban J connectivity index is 0.000000671. The second-order valence-electron chi connectivity index (χ2n) is 3.54. The molecule has 0 aromatic heterocycles. The maximum absolute atomic E-state index is 9.06. The fraction of sp³-hybridized carbons (Fsp3) is 1.00. The van der Waals surface area contributed by atoms with Gasteiger partial charge in [-0.1, -0.05) is 6.42 Å². The average Bonchev–Trinajstić information content (AvgIpc) is 2.19. The lowest BCUT2D eigenvalue weighted by molar-refractivity contribution is 0.146. The number of nitrogens with two attached hydrogens (primary N) is 1. The lowest BCUT2D eigenvalue weighted by atomic mass is 10.1. The van der Waals surface area contributed by atoms with Crippen LogP contribution < -0.4 is 5.90 Å². The zero-order valence-electron chi connectivity index (χ0n) is 8.45. The van der Waals surface area contributed by atoms with Crippen molar-refractivity contribution in [2.75, 3.05) is 19.6 Å². The maximum atomic E-state index is 9.06. The summed E-state index contributed by atoms with van der Waals surface area (Å²) in [4.78, 5) is 2.45. The fourth-order valence-electron chi connectivity index (χ4n) is 1.55. The van der Waals surface area contributed by atoms with E-state index in [0.29, 0.717) is 0 Å². The van der Waals surface area contributed by atoms with Crippen molar-refractivity contribution < 1.29 is 10.3 Å². The zero-order chi connectivity index (χ0) is 10.1. The molecule has 0 aliphatic carbocycles. The van der Waals surface area contributed by atoms with Crippen LogP contribution in [-0.4, -0.2) is 41.0 Å². The van der Waals surface area contributed by atoms with Crippen LogP contribution in [0.1, 0.15) is 32.6 Å². The molecule has 0 amide bonds. The Hall–Kier alpha value is -0.160. The predicted molar refractivity (Wildman–Crippen MR) is 52.6 cm³/mol. The van der Waals surface area contributed by atoms with Crippen molar-refractivity contribution in [2.24, 2.45) is 5.90 Å². The van der Waals surface area contributed by atoms with Crippen LogP contribution in [-0.2, 0) is 0 Å². The Morgan fingerprint density at radius 2 is 1.77 bits per heavy atom. The van der Waals surface area contributed by atoms with Gasteiger partial charge in [0.05, 0.1) is 6.10 Å². The van der Waals surface area contributed by atoms with Gasteiger partial charge in [0.25, 0.3) is 0 Å². The minimum absolute atomic E-state index is 0.128. The second kappa shape index (κ2) is 8.44. The lowest BCUT2D eigenvalue weighted by Crippen LogP contribution is -2.31. The van der Waals surface area contributed by atoms with Crippen LogP contribution in [0.4, 0.5) is 0 Å². The van der Waals surface area contributed by atoms with Crippen LogP contribution in [0, 0.1) is 0 Å². The Bertz CT molecular complexity index is 104. The van der Waals surface area contributed by atoms with Crippen LogP contribution >= 0.6 is 0 Å². The van der Waals surface area contributed by atoms with E-state index in [4.69, 9.17) is 10.3 Å². The van der Waals surface area contributed by atoms with E-state index in [9.17, 15) is 0 Å². The number of aliphatic hydroxyl groups excluding tert-OH is 1. The molecule has 0 saturated carbocycles. The molecule has 1 heterocycles. The summed E-state index contributed by atoms with van der Waals surface area (Å²) in [7, 11) is 0. The summed E-state index contributed by atoms with van der Waals surface area (Å²) in [6, 6.07) is 0. The number of likely N-dealkylation sites (tertiary alicyclic amines) is 1. The van der Waals surface area contributed by atoms with E-state index in [1.54, 1.807) is 0 Å². The summed E-state index contributed by atoms with van der Waals surface area (Å²) >= 11 is 0. The molecule has 0 aromatic carbocycles. The van der Waals surface area contributed by atoms with Gasteiger partial charge in [-0.3, -0.25) is 0 Å². The van der Waals surface area contributed by atoms with E-state index >= 15 is 0 Å². The third-order valence-corrected chi connectivity index (χ3v) is 2.31. The fourth-order valence-corrected chi connectivity index (χ4v) is 1.55. The van der Waals surface area contributed by atoms with Gasteiger partial charge in [0.15, 0.2) is 0 Å². The first-order valence-electron chi connectivity index (χ1n) is 4.95. The molecule has 4 N–H and O–H groups in total. The molecular formula is C9H22N2O2. The molecule has 1 aliphatic rings. The van der Waals surface area contributed by atoms with Crippen molar-refractivity contribution in [3.63, 3.8) is 0 Å². The molecule has 13 heavy (non-hydrogen) atoms. The van der Waals surface area contributed by atoms with Gasteiger partial charge in [-0.2, -0.15) is 0 Å². The van der Waals surface area contributed by atoms with E-state index in [1.165, 1.54) is 32.4 Å². The third-order valence-electron chi connectivity index (χ3n) is 2.31. The van der Waals surface area contributed by atoms with Gasteiger partial charge >= 0.3 is 0 Å². The van der Waals surface area contributed by atoms with Gasteiger partial charge in [-0.05, 0) is 39.3 Å². The molecule has 1 atom stereocenters. The predicted octanol–water partition coefficient (Wildman–Crippen LogP) is 0.578. The van der Waals surface area contributed by atoms with E-state index in [2.05, 4.69) is 10.8 Å². The SMILES string of the molecule is CC(O)CCN1CCCCC1.NO.